The van der Waals surface area contributed by atoms with Gasteiger partial charge < -0.3 is 30.1 Å². The molecule has 0 spiro atoms. The number of carbonyl (C=O) groups is 5. The topological polar surface area (TPSA) is 162 Å². The van der Waals surface area contributed by atoms with Crippen LogP contribution in [0.1, 0.15) is 43.8 Å². The van der Waals surface area contributed by atoms with Gasteiger partial charge in [-0.15, -0.1) is 23.5 Å². The van der Waals surface area contributed by atoms with Crippen LogP contribution in [0.5, 0.6) is 0 Å². The highest BCUT2D eigenvalue weighted by Gasteiger charge is 2.67. The number of β-lactam (4-membered cyclic amide) rings is 2. The van der Waals surface area contributed by atoms with Gasteiger partial charge in [0.05, 0.1) is 0 Å². The van der Waals surface area contributed by atoms with Gasteiger partial charge in [0.2, 0.25) is 17.7 Å². The maximum absolute atomic E-state index is 13.5. The first-order valence-electron chi connectivity index (χ1n) is 13.1. The molecule has 4 saturated heterocycles. The summed E-state index contributed by atoms with van der Waals surface area (Å²) in [5, 5.41) is 18.3. The monoisotopic (exact) mass is 599 g/mol. The number of fused-ring (bicyclic) bond motifs is 2. The van der Waals surface area contributed by atoms with Crippen molar-refractivity contribution in [1.29, 1.82) is 0 Å². The third kappa shape index (κ3) is 4.05. The van der Waals surface area contributed by atoms with Gasteiger partial charge in [-0.1, -0.05) is 35.5 Å². The molecular weight excluding hydrogens is 570 g/mol. The first kappa shape index (κ1) is 27.6. The van der Waals surface area contributed by atoms with Gasteiger partial charge in [-0.3, -0.25) is 19.2 Å². The Bertz CT molecular complexity index is 1490. The van der Waals surface area contributed by atoms with Gasteiger partial charge in [0.1, 0.15) is 51.9 Å². The van der Waals surface area contributed by atoms with Crippen LogP contribution in [0, 0.1) is 6.92 Å². The summed E-state index contributed by atoms with van der Waals surface area (Å²) in [6.45, 7) is 8.83. The Morgan fingerprint density at radius 1 is 0.902 bits per heavy atom. The molecule has 4 aliphatic heterocycles. The minimum atomic E-state index is -1.09. The summed E-state index contributed by atoms with van der Waals surface area (Å²) >= 11 is 2.74. The van der Waals surface area contributed by atoms with E-state index in [1.165, 1.54) is 33.3 Å². The van der Waals surface area contributed by atoms with Crippen molar-refractivity contribution in [3.63, 3.8) is 0 Å². The Hall–Kier alpha value is -3.52. The number of hydrogen-bond acceptors (Lipinski definition) is 9. The lowest BCUT2D eigenvalue weighted by Gasteiger charge is -2.46. The van der Waals surface area contributed by atoms with Crippen LogP contribution in [-0.4, -0.2) is 94.1 Å². The van der Waals surface area contributed by atoms with Crippen LogP contribution in [0.25, 0.3) is 11.3 Å². The molecule has 2 aromatic rings. The average Bonchev–Trinajstić information content (AvgIpc) is 3.51. The molecule has 1 aromatic carbocycles. The summed E-state index contributed by atoms with van der Waals surface area (Å²) in [7, 11) is 0. The number of carboxylic acid groups (broad SMARTS) is 1. The lowest BCUT2D eigenvalue weighted by atomic mass is 9.93. The number of nitrogens with zero attached hydrogens (tertiary/aromatic N) is 3. The van der Waals surface area contributed by atoms with Crippen LogP contribution in [0.3, 0.4) is 0 Å². The SMILES string of the molecule is Cc1onc(-c2ccccc2)c1C(=O)N[C@@H]1C(=O)N2[C@@H]1SC(C)(C)[C@@H]2C(=O)N[C@@H]1C(=O)N2[C@@H]1SC(C)(C)[C@@H]2C(=O)O. The number of aliphatic carboxylic acids is 1. The van der Waals surface area contributed by atoms with E-state index in [1.807, 2.05) is 44.2 Å². The predicted octanol–water partition coefficient (Wildman–Crippen LogP) is 1.44. The van der Waals surface area contributed by atoms with Crippen molar-refractivity contribution in [3.8, 4) is 11.3 Å². The van der Waals surface area contributed by atoms with Crippen molar-refractivity contribution >= 4 is 53.1 Å². The molecule has 0 aliphatic carbocycles. The smallest absolute Gasteiger partial charge is 0.327 e. The molecule has 4 amide bonds. The first-order valence-corrected chi connectivity index (χ1v) is 14.9. The van der Waals surface area contributed by atoms with E-state index in [-0.39, 0.29) is 5.56 Å². The second-order valence-corrected chi connectivity index (χ2v) is 15.2. The second kappa shape index (κ2) is 9.24. The third-order valence-corrected chi connectivity index (χ3v) is 11.2. The van der Waals surface area contributed by atoms with Gasteiger partial charge >= 0.3 is 5.97 Å². The van der Waals surface area contributed by atoms with E-state index >= 15 is 0 Å². The molecule has 4 fully saturated rings. The summed E-state index contributed by atoms with van der Waals surface area (Å²) in [6.07, 6.45) is 0. The molecule has 4 aliphatic rings. The maximum atomic E-state index is 13.5. The van der Waals surface area contributed by atoms with Crippen LogP contribution in [0.2, 0.25) is 0 Å². The molecule has 1 aromatic heterocycles. The molecule has 12 nitrogen and oxygen atoms in total. The zero-order valence-corrected chi connectivity index (χ0v) is 24.5. The van der Waals surface area contributed by atoms with Gasteiger partial charge in [0.15, 0.2) is 0 Å². The number of amides is 4. The number of aryl methyl sites for hydroxylation is 1. The fraction of sp³-hybridized carbons (Fsp3) is 0.481. The second-order valence-electron chi connectivity index (χ2n) is 11.6. The molecule has 5 heterocycles. The van der Waals surface area contributed by atoms with Gasteiger partial charge in [0.25, 0.3) is 5.91 Å². The molecule has 0 unspecified atom stereocenters. The average molecular weight is 600 g/mol. The van der Waals surface area contributed by atoms with E-state index in [9.17, 15) is 29.1 Å². The summed E-state index contributed by atoms with van der Waals surface area (Å²) < 4.78 is 3.86. The first-order chi connectivity index (χ1) is 19.2. The number of aromatic nitrogens is 1. The number of rotatable bonds is 6. The fourth-order valence-electron chi connectivity index (χ4n) is 6.19. The Morgan fingerprint density at radius 3 is 2.02 bits per heavy atom. The minimum absolute atomic E-state index is 0.240. The Morgan fingerprint density at radius 2 is 1.44 bits per heavy atom. The highest BCUT2D eigenvalue weighted by molar-refractivity contribution is 8.02. The highest BCUT2D eigenvalue weighted by atomic mass is 32.2. The fourth-order valence-corrected chi connectivity index (χ4v) is 9.45. The molecule has 216 valence electrons. The van der Waals surface area contributed by atoms with E-state index < -0.39 is 74.0 Å². The number of carboxylic acids is 1. The van der Waals surface area contributed by atoms with Gasteiger partial charge in [-0.05, 0) is 34.6 Å². The van der Waals surface area contributed by atoms with Crippen LogP contribution in [0.15, 0.2) is 34.9 Å². The standard InChI is InChI=1S/C27H29N5O7S2/c1-11-13(14(30-39-11)12-9-7-6-8-10-12)19(33)28-15-21(35)31-17(26(2,3)40-23(15)31)20(34)29-16-22(36)32-18(25(37)38)27(4,5)41-24(16)32/h6-10,15-18,23-24H,1-5H3,(H,28,33)(H,29,34)(H,37,38)/t15-,16-,17+,18+,23-,24-/m1/s1. The lowest BCUT2D eigenvalue weighted by Crippen LogP contribution is -2.74. The van der Waals surface area contributed by atoms with E-state index in [2.05, 4.69) is 15.8 Å². The number of nitrogens with one attached hydrogen (secondary N) is 2. The van der Waals surface area contributed by atoms with Crippen molar-refractivity contribution in [1.82, 2.24) is 25.6 Å². The molecule has 0 bridgehead atoms. The predicted molar refractivity (Wildman–Crippen MR) is 150 cm³/mol. The van der Waals surface area contributed by atoms with Crippen LogP contribution < -0.4 is 10.6 Å². The van der Waals surface area contributed by atoms with Crippen molar-refractivity contribution in [3.05, 3.63) is 41.7 Å². The Labute approximate surface area is 243 Å². The number of benzene rings is 1. The maximum Gasteiger partial charge on any atom is 0.327 e. The zero-order valence-electron chi connectivity index (χ0n) is 22.9. The van der Waals surface area contributed by atoms with E-state index in [0.717, 1.165) is 0 Å². The highest BCUT2D eigenvalue weighted by Crippen LogP contribution is 2.53. The van der Waals surface area contributed by atoms with Crippen molar-refractivity contribution in [2.45, 2.75) is 79.0 Å². The molecule has 14 heteroatoms. The Kier molecular flexibility index (Phi) is 6.23. The van der Waals surface area contributed by atoms with Crippen LogP contribution >= 0.6 is 23.5 Å². The largest absolute Gasteiger partial charge is 0.480 e. The van der Waals surface area contributed by atoms with Gasteiger partial charge in [-0.2, -0.15) is 0 Å². The van der Waals surface area contributed by atoms with Gasteiger partial charge in [-0.25, -0.2) is 4.79 Å². The molecule has 0 radical (unpaired) electrons. The quantitative estimate of drug-likeness (QED) is 0.414. The van der Waals surface area contributed by atoms with Gasteiger partial charge in [0, 0.05) is 15.1 Å². The zero-order chi connectivity index (χ0) is 29.6. The van der Waals surface area contributed by atoms with E-state index in [0.29, 0.717) is 17.0 Å². The number of thioether (sulfide) groups is 2. The number of hydrogen-bond donors (Lipinski definition) is 3. The number of carbonyl (C=O) groups excluding carboxylic acids is 4. The summed E-state index contributed by atoms with van der Waals surface area (Å²) in [4.78, 5) is 67.7. The van der Waals surface area contributed by atoms with E-state index in [1.54, 1.807) is 20.8 Å². The Balaban J connectivity index is 1.16. The van der Waals surface area contributed by atoms with Crippen molar-refractivity contribution < 1.29 is 33.6 Å². The summed E-state index contributed by atoms with van der Waals surface area (Å²) in [6, 6.07) is 5.50. The summed E-state index contributed by atoms with van der Waals surface area (Å²) in [5.41, 5.74) is 1.31. The van der Waals surface area contributed by atoms with Crippen molar-refractivity contribution in [2.75, 3.05) is 0 Å². The molecule has 6 atom stereocenters. The molecule has 6 rings (SSSR count). The normalized spacial score (nSPS) is 30.7. The lowest BCUT2D eigenvalue weighted by molar-refractivity contribution is -0.162. The molecule has 0 saturated carbocycles. The van der Waals surface area contributed by atoms with Crippen LogP contribution in [-0.2, 0) is 19.2 Å². The molecular formula is C27H29N5O7S2. The summed E-state index contributed by atoms with van der Waals surface area (Å²) in [5.74, 6) is -2.61. The van der Waals surface area contributed by atoms with E-state index in [4.69, 9.17) is 4.52 Å². The van der Waals surface area contributed by atoms with Crippen LogP contribution in [0.4, 0.5) is 0 Å². The minimum Gasteiger partial charge on any atom is -0.480 e. The van der Waals surface area contributed by atoms with Crippen molar-refractivity contribution in [2.24, 2.45) is 0 Å². The third-order valence-electron chi connectivity index (χ3n) is 8.09. The molecule has 41 heavy (non-hydrogen) atoms. The molecule has 3 N–H and O–H groups in total.